The van der Waals surface area contributed by atoms with E-state index < -0.39 is 29.0 Å². The zero-order valence-electron chi connectivity index (χ0n) is 9.58. The molecule has 0 amide bonds. The van der Waals surface area contributed by atoms with E-state index in [0.717, 1.165) is 32.2 Å². The lowest BCUT2D eigenvalue weighted by Gasteiger charge is -2.32. The standard InChI is InChI=1S/C11H11F6N/c1-9(18-2,11(15,16)17)7-4-3-5-8(6-7)10(12,13)14/h3-6,18H,1-2H3. The molecule has 0 saturated carbocycles. The first-order valence-corrected chi connectivity index (χ1v) is 4.96. The van der Waals surface area contributed by atoms with Gasteiger partial charge in [0.1, 0.15) is 5.54 Å². The van der Waals surface area contributed by atoms with Crippen LogP contribution < -0.4 is 5.32 Å². The summed E-state index contributed by atoms with van der Waals surface area (Å²) >= 11 is 0. The van der Waals surface area contributed by atoms with Crippen LogP contribution >= 0.6 is 0 Å². The van der Waals surface area contributed by atoms with Crippen molar-refractivity contribution in [3.05, 3.63) is 35.4 Å². The molecule has 0 aromatic heterocycles. The minimum Gasteiger partial charge on any atom is -0.303 e. The van der Waals surface area contributed by atoms with E-state index in [2.05, 4.69) is 0 Å². The van der Waals surface area contributed by atoms with Gasteiger partial charge in [-0.25, -0.2) is 0 Å². The molecular weight excluding hydrogens is 260 g/mol. The SMILES string of the molecule is CNC(C)(c1cccc(C(F)(F)F)c1)C(F)(F)F. The lowest BCUT2D eigenvalue weighted by Crippen LogP contribution is -2.50. The lowest BCUT2D eigenvalue weighted by molar-refractivity contribution is -0.194. The normalized spacial score (nSPS) is 16.4. The van der Waals surface area contributed by atoms with Crippen LogP contribution in [0.15, 0.2) is 24.3 Å². The Morgan fingerprint density at radius 2 is 1.44 bits per heavy atom. The summed E-state index contributed by atoms with van der Waals surface area (Å²) in [5.41, 5.74) is -4.10. The zero-order valence-corrected chi connectivity index (χ0v) is 9.58. The van der Waals surface area contributed by atoms with Gasteiger partial charge < -0.3 is 5.32 Å². The van der Waals surface area contributed by atoms with Crippen LogP contribution in [0.3, 0.4) is 0 Å². The predicted octanol–water partition coefficient (Wildman–Crippen LogP) is 3.70. The first-order valence-electron chi connectivity index (χ1n) is 4.96. The van der Waals surface area contributed by atoms with Gasteiger partial charge in [0.15, 0.2) is 0 Å². The lowest BCUT2D eigenvalue weighted by atomic mass is 9.90. The van der Waals surface area contributed by atoms with Crippen molar-refractivity contribution < 1.29 is 26.3 Å². The average molecular weight is 271 g/mol. The number of alkyl halides is 6. The van der Waals surface area contributed by atoms with Gasteiger partial charge >= 0.3 is 12.4 Å². The smallest absolute Gasteiger partial charge is 0.303 e. The van der Waals surface area contributed by atoms with E-state index >= 15 is 0 Å². The summed E-state index contributed by atoms with van der Waals surface area (Å²) in [6, 6.07) is 3.21. The summed E-state index contributed by atoms with van der Waals surface area (Å²) < 4.78 is 76.0. The minimum absolute atomic E-state index is 0.479. The molecule has 0 fully saturated rings. The van der Waals surface area contributed by atoms with Crippen molar-refractivity contribution >= 4 is 0 Å². The highest BCUT2D eigenvalue weighted by Gasteiger charge is 2.51. The molecule has 1 aromatic rings. The van der Waals surface area contributed by atoms with E-state index in [1.807, 2.05) is 5.32 Å². The van der Waals surface area contributed by atoms with Gasteiger partial charge in [0.05, 0.1) is 5.56 Å². The van der Waals surface area contributed by atoms with E-state index in [1.165, 1.54) is 0 Å². The fourth-order valence-corrected chi connectivity index (χ4v) is 1.46. The monoisotopic (exact) mass is 271 g/mol. The molecule has 0 aliphatic carbocycles. The Morgan fingerprint density at radius 3 is 1.83 bits per heavy atom. The van der Waals surface area contributed by atoms with Crippen molar-refractivity contribution in [3.8, 4) is 0 Å². The van der Waals surface area contributed by atoms with Crippen LogP contribution in [0.2, 0.25) is 0 Å². The van der Waals surface area contributed by atoms with Gasteiger partial charge in [0.25, 0.3) is 0 Å². The van der Waals surface area contributed by atoms with E-state index in [1.54, 1.807) is 0 Å². The second kappa shape index (κ2) is 4.46. The maximum Gasteiger partial charge on any atom is 0.416 e. The number of halogens is 6. The molecule has 0 bridgehead atoms. The van der Waals surface area contributed by atoms with Gasteiger partial charge in [-0.15, -0.1) is 0 Å². The summed E-state index contributed by atoms with van der Waals surface area (Å²) in [6.45, 7) is 0.794. The maximum absolute atomic E-state index is 12.9. The zero-order chi connectivity index (χ0) is 14.2. The summed E-state index contributed by atoms with van der Waals surface area (Å²) in [4.78, 5) is 0. The fourth-order valence-electron chi connectivity index (χ4n) is 1.46. The van der Waals surface area contributed by atoms with Gasteiger partial charge in [-0.3, -0.25) is 0 Å². The molecule has 0 aliphatic rings. The van der Waals surface area contributed by atoms with Crippen LogP contribution in [0, 0.1) is 0 Å². The quantitative estimate of drug-likeness (QED) is 0.809. The van der Waals surface area contributed by atoms with Gasteiger partial charge in [-0.2, -0.15) is 26.3 Å². The second-order valence-corrected chi connectivity index (χ2v) is 3.95. The van der Waals surface area contributed by atoms with Crippen molar-refractivity contribution in [3.63, 3.8) is 0 Å². The maximum atomic E-state index is 12.9. The molecule has 0 aliphatic heterocycles. The largest absolute Gasteiger partial charge is 0.416 e. The highest BCUT2D eigenvalue weighted by molar-refractivity contribution is 5.32. The number of hydrogen-bond donors (Lipinski definition) is 1. The Morgan fingerprint density at radius 1 is 0.944 bits per heavy atom. The summed E-state index contributed by atoms with van der Waals surface area (Å²) in [7, 11) is 1.05. The third-order valence-electron chi connectivity index (χ3n) is 2.83. The molecule has 1 aromatic carbocycles. The first-order chi connectivity index (χ1) is 8.02. The third kappa shape index (κ3) is 2.60. The number of benzene rings is 1. The van der Waals surface area contributed by atoms with E-state index in [0.29, 0.717) is 6.07 Å². The van der Waals surface area contributed by atoms with E-state index in [-0.39, 0.29) is 0 Å². The Bertz CT molecular complexity index is 422. The van der Waals surface area contributed by atoms with Crippen molar-refractivity contribution in [2.45, 2.75) is 24.8 Å². The van der Waals surface area contributed by atoms with E-state index in [4.69, 9.17) is 0 Å². The van der Waals surface area contributed by atoms with E-state index in [9.17, 15) is 26.3 Å². The Balaban J connectivity index is 3.33. The second-order valence-electron chi connectivity index (χ2n) is 3.95. The molecular formula is C11H11F6N. The van der Waals surface area contributed by atoms with Crippen LogP contribution in [0.1, 0.15) is 18.1 Å². The molecule has 1 nitrogen and oxygen atoms in total. The average Bonchev–Trinajstić information content (AvgIpc) is 2.25. The first kappa shape index (κ1) is 14.8. The molecule has 1 N–H and O–H groups in total. The predicted molar refractivity (Wildman–Crippen MR) is 53.9 cm³/mol. The van der Waals surface area contributed by atoms with Crippen LogP contribution in [0.25, 0.3) is 0 Å². The number of hydrogen-bond acceptors (Lipinski definition) is 1. The summed E-state index contributed by atoms with van der Waals surface area (Å²) in [6.07, 6.45) is -9.37. The Kier molecular flexibility index (Phi) is 3.67. The molecule has 0 radical (unpaired) electrons. The van der Waals surface area contributed by atoms with Crippen LogP contribution in [-0.4, -0.2) is 13.2 Å². The van der Waals surface area contributed by atoms with Gasteiger partial charge in [-0.1, -0.05) is 12.1 Å². The molecule has 0 saturated heterocycles. The minimum atomic E-state index is -4.70. The number of rotatable bonds is 2. The Hall–Kier alpha value is -1.24. The van der Waals surface area contributed by atoms with Crippen molar-refractivity contribution in [1.29, 1.82) is 0 Å². The number of nitrogens with one attached hydrogen (secondary N) is 1. The van der Waals surface area contributed by atoms with Crippen molar-refractivity contribution in [2.24, 2.45) is 0 Å². The van der Waals surface area contributed by atoms with Crippen LogP contribution in [-0.2, 0) is 11.7 Å². The van der Waals surface area contributed by atoms with Gasteiger partial charge in [0, 0.05) is 0 Å². The van der Waals surface area contributed by atoms with Gasteiger partial charge in [-0.05, 0) is 31.7 Å². The fraction of sp³-hybridized carbons (Fsp3) is 0.455. The molecule has 0 heterocycles. The highest BCUT2D eigenvalue weighted by Crippen LogP contribution is 2.40. The molecule has 18 heavy (non-hydrogen) atoms. The molecule has 1 atom stereocenters. The van der Waals surface area contributed by atoms with Gasteiger partial charge in [0.2, 0.25) is 0 Å². The summed E-state index contributed by atoms with van der Waals surface area (Å²) in [5, 5.41) is 2.02. The molecule has 7 heteroatoms. The third-order valence-corrected chi connectivity index (χ3v) is 2.83. The summed E-state index contributed by atoms with van der Waals surface area (Å²) in [5.74, 6) is 0. The van der Waals surface area contributed by atoms with Crippen molar-refractivity contribution in [1.82, 2.24) is 5.32 Å². The Labute approximate surface area is 99.8 Å². The highest BCUT2D eigenvalue weighted by atomic mass is 19.4. The topological polar surface area (TPSA) is 12.0 Å². The van der Waals surface area contributed by atoms with Crippen molar-refractivity contribution in [2.75, 3.05) is 7.05 Å². The molecule has 0 spiro atoms. The van der Waals surface area contributed by atoms with Crippen LogP contribution in [0.5, 0.6) is 0 Å². The van der Waals surface area contributed by atoms with Crippen LogP contribution in [0.4, 0.5) is 26.3 Å². The molecule has 1 unspecified atom stereocenters. The molecule has 1 rings (SSSR count). The molecule has 102 valence electrons.